The first-order valence-corrected chi connectivity index (χ1v) is 5.35. The van der Waals surface area contributed by atoms with Crippen molar-refractivity contribution in [1.82, 2.24) is 4.90 Å². The summed E-state index contributed by atoms with van der Waals surface area (Å²) in [6.07, 6.45) is 5.76. The predicted molar refractivity (Wildman–Crippen MR) is 61.5 cm³/mol. The van der Waals surface area contributed by atoms with Crippen molar-refractivity contribution >= 4 is 17.5 Å². The van der Waals surface area contributed by atoms with Gasteiger partial charge >= 0.3 is 0 Å². The van der Waals surface area contributed by atoms with Crippen LogP contribution in [-0.4, -0.2) is 29.8 Å². The maximum Gasteiger partial charge on any atom is 0.223 e. The van der Waals surface area contributed by atoms with Crippen LogP contribution >= 0.6 is 11.6 Å². The van der Waals surface area contributed by atoms with E-state index in [1.807, 2.05) is 0 Å². The van der Waals surface area contributed by atoms with Gasteiger partial charge in [0.1, 0.15) is 0 Å². The van der Waals surface area contributed by atoms with Gasteiger partial charge in [-0.1, -0.05) is 12.2 Å². The van der Waals surface area contributed by atoms with Crippen LogP contribution in [0.5, 0.6) is 0 Å². The number of amides is 1. The molecule has 0 aromatic rings. The number of hydrogen-bond donors (Lipinski definition) is 0. The summed E-state index contributed by atoms with van der Waals surface area (Å²) in [5.41, 5.74) is 0. The summed E-state index contributed by atoms with van der Waals surface area (Å²) >= 11 is 5.53. The fourth-order valence-corrected chi connectivity index (χ4v) is 1.31. The van der Waals surface area contributed by atoms with Gasteiger partial charge in [-0.05, 0) is 12.8 Å². The molecule has 3 heteroatoms. The molecule has 0 bridgehead atoms. The third-order valence-corrected chi connectivity index (χ3v) is 2.09. The zero-order valence-corrected chi connectivity index (χ0v) is 9.30. The molecule has 0 spiro atoms. The zero-order chi connectivity index (χ0) is 10.8. The lowest BCUT2D eigenvalue weighted by Gasteiger charge is -2.18. The number of hydrogen-bond acceptors (Lipinski definition) is 1. The molecular weight excluding hydrogens is 198 g/mol. The minimum Gasteiger partial charge on any atom is -0.335 e. The number of alkyl halides is 1. The molecule has 0 aromatic carbocycles. The summed E-state index contributed by atoms with van der Waals surface area (Å²) in [6, 6.07) is 0. The molecule has 0 heterocycles. The predicted octanol–water partition coefficient (Wildman–Crippen LogP) is 2.60. The van der Waals surface area contributed by atoms with Crippen molar-refractivity contribution in [2.24, 2.45) is 0 Å². The molecule has 0 rings (SSSR count). The SMILES string of the molecule is C=CCN(CC=C)C(=O)CCCCCl. The molecule has 1 amide bonds. The Morgan fingerprint density at radius 1 is 1.21 bits per heavy atom. The van der Waals surface area contributed by atoms with Crippen LogP contribution in [0.2, 0.25) is 0 Å². The van der Waals surface area contributed by atoms with Gasteiger partial charge in [0.15, 0.2) is 0 Å². The number of halogens is 1. The van der Waals surface area contributed by atoms with Gasteiger partial charge in [0.25, 0.3) is 0 Å². The fourth-order valence-electron chi connectivity index (χ4n) is 1.12. The molecule has 0 saturated heterocycles. The number of carbonyl (C=O) groups excluding carboxylic acids is 1. The van der Waals surface area contributed by atoms with Crippen molar-refractivity contribution in [3.8, 4) is 0 Å². The van der Waals surface area contributed by atoms with Gasteiger partial charge in [-0.2, -0.15) is 0 Å². The molecule has 0 saturated carbocycles. The van der Waals surface area contributed by atoms with E-state index in [4.69, 9.17) is 11.6 Å². The molecule has 0 aliphatic carbocycles. The van der Waals surface area contributed by atoms with Crippen LogP contribution in [0.25, 0.3) is 0 Å². The van der Waals surface area contributed by atoms with Crippen molar-refractivity contribution < 1.29 is 4.79 Å². The van der Waals surface area contributed by atoms with Crippen LogP contribution in [0.1, 0.15) is 19.3 Å². The zero-order valence-electron chi connectivity index (χ0n) is 8.54. The Morgan fingerprint density at radius 3 is 2.21 bits per heavy atom. The van der Waals surface area contributed by atoms with Crippen molar-refractivity contribution in [2.45, 2.75) is 19.3 Å². The topological polar surface area (TPSA) is 20.3 Å². The molecule has 0 radical (unpaired) electrons. The van der Waals surface area contributed by atoms with E-state index in [0.717, 1.165) is 12.8 Å². The van der Waals surface area contributed by atoms with Crippen LogP contribution < -0.4 is 0 Å². The Morgan fingerprint density at radius 2 is 1.79 bits per heavy atom. The smallest absolute Gasteiger partial charge is 0.223 e. The molecular formula is C11H18ClNO. The summed E-state index contributed by atoms with van der Waals surface area (Å²) in [5.74, 6) is 0.769. The van der Waals surface area contributed by atoms with E-state index in [1.165, 1.54) is 0 Å². The molecule has 14 heavy (non-hydrogen) atoms. The highest BCUT2D eigenvalue weighted by Crippen LogP contribution is 2.02. The molecule has 0 unspecified atom stereocenters. The Kier molecular flexibility index (Phi) is 8.34. The number of carbonyl (C=O) groups is 1. The van der Waals surface area contributed by atoms with E-state index in [0.29, 0.717) is 25.4 Å². The Bertz CT molecular complexity index is 182. The molecule has 0 atom stereocenters. The summed E-state index contributed by atoms with van der Waals surface area (Å²) in [7, 11) is 0. The first-order valence-electron chi connectivity index (χ1n) is 4.81. The summed E-state index contributed by atoms with van der Waals surface area (Å²) in [5, 5.41) is 0. The maximum absolute atomic E-state index is 11.6. The first-order chi connectivity index (χ1) is 6.76. The average molecular weight is 216 g/mol. The number of rotatable bonds is 8. The van der Waals surface area contributed by atoms with Crippen molar-refractivity contribution in [3.05, 3.63) is 25.3 Å². The van der Waals surface area contributed by atoms with E-state index in [1.54, 1.807) is 17.1 Å². The maximum atomic E-state index is 11.6. The standard InChI is InChI=1S/C11H18ClNO/c1-3-9-13(10-4-2)11(14)7-5-6-8-12/h3-4H,1-2,5-10H2. The molecule has 0 N–H and O–H groups in total. The Labute approximate surface area is 91.2 Å². The number of nitrogens with zero attached hydrogens (tertiary/aromatic N) is 1. The lowest BCUT2D eigenvalue weighted by atomic mass is 10.2. The minimum atomic E-state index is 0.148. The molecule has 0 aliphatic rings. The quantitative estimate of drug-likeness (QED) is 0.346. The van der Waals surface area contributed by atoms with Gasteiger partial charge < -0.3 is 4.90 Å². The van der Waals surface area contributed by atoms with Crippen LogP contribution in [0.4, 0.5) is 0 Å². The van der Waals surface area contributed by atoms with E-state index < -0.39 is 0 Å². The van der Waals surface area contributed by atoms with E-state index >= 15 is 0 Å². The van der Waals surface area contributed by atoms with Gasteiger partial charge in [-0.15, -0.1) is 24.8 Å². The van der Waals surface area contributed by atoms with Gasteiger partial charge in [0.2, 0.25) is 5.91 Å². The van der Waals surface area contributed by atoms with Gasteiger partial charge in [0.05, 0.1) is 0 Å². The lowest BCUT2D eigenvalue weighted by Crippen LogP contribution is -2.31. The molecule has 2 nitrogen and oxygen atoms in total. The largest absolute Gasteiger partial charge is 0.335 e. The third-order valence-electron chi connectivity index (χ3n) is 1.83. The summed E-state index contributed by atoms with van der Waals surface area (Å²) in [4.78, 5) is 13.3. The molecule has 80 valence electrons. The highest BCUT2D eigenvalue weighted by atomic mass is 35.5. The van der Waals surface area contributed by atoms with Crippen molar-refractivity contribution in [2.75, 3.05) is 19.0 Å². The Balaban J connectivity index is 3.87. The molecule has 0 fully saturated rings. The second-order valence-electron chi connectivity index (χ2n) is 3.02. The van der Waals surface area contributed by atoms with Crippen LogP contribution in [0.15, 0.2) is 25.3 Å². The van der Waals surface area contributed by atoms with E-state index in [9.17, 15) is 4.79 Å². The van der Waals surface area contributed by atoms with Crippen LogP contribution in [0.3, 0.4) is 0 Å². The van der Waals surface area contributed by atoms with Crippen molar-refractivity contribution in [3.63, 3.8) is 0 Å². The van der Waals surface area contributed by atoms with Gasteiger partial charge in [-0.25, -0.2) is 0 Å². The van der Waals surface area contributed by atoms with Crippen LogP contribution in [-0.2, 0) is 4.79 Å². The highest BCUT2D eigenvalue weighted by molar-refractivity contribution is 6.17. The summed E-state index contributed by atoms with van der Waals surface area (Å²) in [6.45, 7) is 8.40. The highest BCUT2D eigenvalue weighted by Gasteiger charge is 2.09. The third kappa shape index (κ3) is 5.81. The second kappa shape index (κ2) is 8.82. The normalized spacial score (nSPS) is 9.50. The van der Waals surface area contributed by atoms with E-state index in [-0.39, 0.29) is 5.91 Å². The average Bonchev–Trinajstić information content (AvgIpc) is 2.18. The van der Waals surface area contributed by atoms with Crippen molar-refractivity contribution in [1.29, 1.82) is 0 Å². The molecule has 0 aromatic heterocycles. The van der Waals surface area contributed by atoms with Gasteiger partial charge in [0, 0.05) is 25.4 Å². The van der Waals surface area contributed by atoms with Crippen LogP contribution in [0, 0.1) is 0 Å². The monoisotopic (exact) mass is 215 g/mol. The fraction of sp³-hybridized carbons (Fsp3) is 0.545. The lowest BCUT2D eigenvalue weighted by molar-refractivity contribution is -0.130. The second-order valence-corrected chi connectivity index (χ2v) is 3.40. The minimum absolute atomic E-state index is 0.148. The van der Waals surface area contributed by atoms with Gasteiger partial charge in [-0.3, -0.25) is 4.79 Å². The van der Waals surface area contributed by atoms with E-state index in [2.05, 4.69) is 13.2 Å². The Hall–Kier alpha value is -0.760. The number of unbranched alkanes of at least 4 members (excludes halogenated alkanes) is 1. The molecule has 0 aliphatic heterocycles. The summed E-state index contributed by atoms with van der Waals surface area (Å²) < 4.78 is 0. The first kappa shape index (κ1) is 13.2.